The molecule has 7 nitrogen and oxygen atoms in total. The minimum absolute atomic E-state index is 0.251. The monoisotopic (exact) mass is 439 g/mol. The zero-order chi connectivity index (χ0) is 21.4. The number of esters is 2. The average Bonchev–Trinajstić information content (AvgIpc) is 2.69. The summed E-state index contributed by atoms with van der Waals surface area (Å²) >= 11 is 11.8. The first kappa shape index (κ1) is 22.5. The van der Waals surface area contributed by atoms with Gasteiger partial charge in [0.25, 0.3) is 5.91 Å². The summed E-state index contributed by atoms with van der Waals surface area (Å²) in [7, 11) is 0. The minimum atomic E-state index is -0.981. The number of carbonyl (C=O) groups excluding carboxylic acids is 3. The Morgan fingerprint density at radius 2 is 1.72 bits per heavy atom. The molecule has 2 rings (SSSR count). The highest BCUT2D eigenvalue weighted by molar-refractivity contribution is 6.35. The lowest BCUT2D eigenvalue weighted by atomic mass is 10.2. The highest BCUT2D eigenvalue weighted by Crippen LogP contribution is 2.28. The molecule has 1 amide bonds. The molecule has 0 radical (unpaired) electrons. The van der Waals surface area contributed by atoms with Gasteiger partial charge in [-0.3, -0.25) is 4.79 Å². The van der Waals surface area contributed by atoms with Crippen LogP contribution in [0.2, 0.25) is 10.0 Å². The van der Waals surface area contributed by atoms with E-state index in [0.29, 0.717) is 16.3 Å². The fraction of sp³-hybridized carbons (Fsp3) is 0.250. The van der Waals surface area contributed by atoms with Crippen LogP contribution >= 0.6 is 23.2 Å². The Kier molecular flexibility index (Phi) is 8.30. The quantitative estimate of drug-likeness (QED) is 0.621. The Labute approximate surface area is 177 Å². The zero-order valence-electron chi connectivity index (χ0n) is 15.7. The highest BCUT2D eigenvalue weighted by atomic mass is 35.5. The summed E-state index contributed by atoms with van der Waals surface area (Å²) in [5, 5.41) is 3.24. The summed E-state index contributed by atoms with van der Waals surface area (Å²) in [6.45, 7) is 2.96. The first-order valence-electron chi connectivity index (χ1n) is 8.65. The fourth-order valence-electron chi connectivity index (χ4n) is 2.16. The van der Waals surface area contributed by atoms with E-state index < -0.39 is 30.6 Å². The highest BCUT2D eigenvalue weighted by Gasteiger charge is 2.19. The van der Waals surface area contributed by atoms with Crippen molar-refractivity contribution in [2.75, 3.05) is 18.5 Å². The van der Waals surface area contributed by atoms with Crippen molar-refractivity contribution in [3.05, 3.63) is 58.1 Å². The average molecular weight is 440 g/mol. The number of anilines is 1. The van der Waals surface area contributed by atoms with Crippen molar-refractivity contribution < 1.29 is 28.6 Å². The number of hydrogen-bond acceptors (Lipinski definition) is 6. The molecule has 0 aliphatic heterocycles. The Bertz CT molecular complexity index is 885. The SMILES string of the molecule is CCOC(=O)c1ccc(NC(=O)COC(=O)[C@H](C)Oc2ccc(Cl)cc2Cl)cc1. The van der Waals surface area contributed by atoms with E-state index in [1.807, 2.05) is 0 Å². The van der Waals surface area contributed by atoms with Crippen LogP contribution in [0.25, 0.3) is 0 Å². The van der Waals surface area contributed by atoms with Crippen molar-refractivity contribution >= 4 is 46.7 Å². The maximum atomic E-state index is 12.0. The van der Waals surface area contributed by atoms with Crippen LogP contribution < -0.4 is 10.1 Å². The molecule has 0 saturated heterocycles. The third-order valence-corrected chi connectivity index (χ3v) is 4.09. The van der Waals surface area contributed by atoms with Crippen molar-refractivity contribution in [2.24, 2.45) is 0 Å². The summed E-state index contributed by atoms with van der Waals surface area (Å²) in [6, 6.07) is 10.7. The van der Waals surface area contributed by atoms with Gasteiger partial charge in [-0.2, -0.15) is 0 Å². The van der Waals surface area contributed by atoms with Gasteiger partial charge in [-0.1, -0.05) is 23.2 Å². The fourth-order valence-corrected chi connectivity index (χ4v) is 2.62. The summed E-state index contributed by atoms with van der Waals surface area (Å²) in [5.41, 5.74) is 0.805. The molecule has 154 valence electrons. The first-order valence-corrected chi connectivity index (χ1v) is 9.41. The van der Waals surface area contributed by atoms with Crippen molar-refractivity contribution in [2.45, 2.75) is 20.0 Å². The lowest BCUT2D eigenvalue weighted by Crippen LogP contribution is -2.29. The van der Waals surface area contributed by atoms with Crippen LogP contribution in [0.4, 0.5) is 5.69 Å². The second-order valence-corrected chi connectivity index (χ2v) is 6.63. The van der Waals surface area contributed by atoms with Crippen LogP contribution in [0.5, 0.6) is 5.75 Å². The topological polar surface area (TPSA) is 90.9 Å². The molecule has 29 heavy (non-hydrogen) atoms. The van der Waals surface area contributed by atoms with Crippen LogP contribution in [-0.2, 0) is 19.1 Å². The Hall–Kier alpha value is -2.77. The van der Waals surface area contributed by atoms with Crippen LogP contribution in [0.1, 0.15) is 24.2 Å². The molecule has 0 unspecified atom stereocenters. The molecular weight excluding hydrogens is 421 g/mol. The maximum Gasteiger partial charge on any atom is 0.347 e. The van der Waals surface area contributed by atoms with Gasteiger partial charge in [-0.05, 0) is 56.3 Å². The van der Waals surface area contributed by atoms with Gasteiger partial charge in [0.2, 0.25) is 0 Å². The second-order valence-electron chi connectivity index (χ2n) is 5.79. The Morgan fingerprint density at radius 1 is 1.03 bits per heavy atom. The Morgan fingerprint density at radius 3 is 2.34 bits per heavy atom. The number of halogens is 2. The van der Waals surface area contributed by atoms with Crippen LogP contribution in [-0.4, -0.2) is 37.2 Å². The molecule has 0 saturated carbocycles. The van der Waals surface area contributed by atoms with Crippen molar-refractivity contribution in [3.63, 3.8) is 0 Å². The Balaban J connectivity index is 1.82. The predicted molar refractivity (Wildman–Crippen MR) is 109 cm³/mol. The summed E-state index contributed by atoms with van der Waals surface area (Å²) < 4.78 is 15.3. The second kappa shape index (κ2) is 10.7. The van der Waals surface area contributed by atoms with E-state index in [2.05, 4.69) is 5.32 Å². The molecule has 2 aromatic carbocycles. The van der Waals surface area contributed by atoms with Gasteiger partial charge >= 0.3 is 11.9 Å². The third-order valence-electron chi connectivity index (χ3n) is 3.55. The molecule has 0 aliphatic rings. The standard InChI is InChI=1S/C20H19Cl2NO6/c1-3-27-20(26)13-4-7-15(8-5-13)23-18(24)11-28-19(25)12(2)29-17-9-6-14(21)10-16(17)22/h4-10,12H,3,11H2,1-2H3,(H,23,24)/t12-/m0/s1. The van der Waals surface area contributed by atoms with Crippen molar-refractivity contribution in [1.29, 1.82) is 0 Å². The van der Waals surface area contributed by atoms with Crippen LogP contribution in [0, 0.1) is 0 Å². The smallest absolute Gasteiger partial charge is 0.347 e. The molecule has 0 fully saturated rings. The van der Waals surface area contributed by atoms with Crippen LogP contribution in [0.3, 0.4) is 0 Å². The molecular formula is C20H19Cl2NO6. The van der Waals surface area contributed by atoms with E-state index in [1.54, 1.807) is 25.1 Å². The summed E-state index contributed by atoms with van der Waals surface area (Å²) in [5.74, 6) is -1.46. The van der Waals surface area contributed by atoms with Gasteiger partial charge < -0.3 is 19.5 Å². The van der Waals surface area contributed by atoms with Crippen LogP contribution in [0.15, 0.2) is 42.5 Å². The number of benzene rings is 2. The predicted octanol–water partition coefficient (Wildman–Crippen LogP) is 4.12. The lowest BCUT2D eigenvalue weighted by Gasteiger charge is -2.15. The number of rotatable bonds is 8. The van der Waals surface area contributed by atoms with Crippen molar-refractivity contribution in [1.82, 2.24) is 0 Å². The van der Waals surface area contributed by atoms with Gasteiger partial charge in [0.15, 0.2) is 12.7 Å². The van der Waals surface area contributed by atoms with Gasteiger partial charge in [0.1, 0.15) is 5.75 Å². The zero-order valence-corrected chi connectivity index (χ0v) is 17.3. The van der Waals surface area contributed by atoms with Gasteiger partial charge in [-0.25, -0.2) is 9.59 Å². The number of hydrogen-bond donors (Lipinski definition) is 1. The van der Waals surface area contributed by atoms with E-state index in [0.717, 1.165) is 0 Å². The number of nitrogens with one attached hydrogen (secondary N) is 1. The van der Waals surface area contributed by atoms with Gasteiger partial charge in [0.05, 0.1) is 17.2 Å². The summed E-state index contributed by atoms with van der Waals surface area (Å²) in [4.78, 5) is 35.6. The van der Waals surface area contributed by atoms with Gasteiger partial charge in [-0.15, -0.1) is 0 Å². The molecule has 0 aliphatic carbocycles. The maximum absolute atomic E-state index is 12.0. The lowest BCUT2D eigenvalue weighted by molar-refractivity contribution is -0.153. The largest absolute Gasteiger partial charge is 0.477 e. The molecule has 1 atom stereocenters. The van der Waals surface area contributed by atoms with E-state index in [4.69, 9.17) is 37.4 Å². The molecule has 0 spiro atoms. The first-order chi connectivity index (χ1) is 13.8. The number of amides is 1. The number of ether oxygens (including phenoxy) is 3. The molecule has 0 bridgehead atoms. The van der Waals surface area contributed by atoms with E-state index in [-0.39, 0.29) is 17.4 Å². The van der Waals surface area contributed by atoms with E-state index in [9.17, 15) is 14.4 Å². The molecule has 9 heteroatoms. The summed E-state index contributed by atoms with van der Waals surface area (Å²) in [6.07, 6.45) is -0.981. The van der Waals surface area contributed by atoms with E-state index in [1.165, 1.54) is 31.2 Å². The minimum Gasteiger partial charge on any atom is -0.477 e. The molecule has 1 N–H and O–H groups in total. The van der Waals surface area contributed by atoms with E-state index >= 15 is 0 Å². The van der Waals surface area contributed by atoms with Crippen molar-refractivity contribution in [3.8, 4) is 5.75 Å². The number of carbonyl (C=O) groups is 3. The molecule has 0 heterocycles. The third kappa shape index (κ3) is 6.96. The normalized spacial score (nSPS) is 11.3. The molecule has 2 aromatic rings. The van der Waals surface area contributed by atoms with Gasteiger partial charge in [0, 0.05) is 10.7 Å². The molecule has 0 aromatic heterocycles.